The fraction of sp³-hybridized carbons (Fsp3) is 0. The second-order valence-electron chi connectivity index (χ2n) is 5.41. The molecule has 2 aromatic rings. The van der Waals surface area contributed by atoms with Crippen LogP contribution < -0.4 is 10.2 Å². The smallest absolute Gasteiger partial charge is 0.273 e. The van der Waals surface area contributed by atoms with Crippen LogP contribution in [0.25, 0.3) is 6.08 Å². The molecule has 1 N–H and O–H groups in total. The maximum Gasteiger partial charge on any atom is 0.335 e. The maximum atomic E-state index is 12.6. The second kappa shape index (κ2) is 7.28. The predicted molar refractivity (Wildman–Crippen MR) is 95.7 cm³/mol. The summed E-state index contributed by atoms with van der Waals surface area (Å²) < 4.78 is 0. The van der Waals surface area contributed by atoms with Gasteiger partial charge in [-0.15, -0.1) is 0 Å². The van der Waals surface area contributed by atoms with Crippen molar-refractivity contribution in [2.45, 2.75) is 0 Å². The Morgan fingerprint density at radius 1 is 1.00 bits per heavy atom. The monoisotopic (exact) mass is 343 g/mol. The summed E-state index contributed by atoms with van der Waals surface area (Å²) >= 11 is 0. The first-order valence-electron chi connectivity index (χ1n) is 7.73. The van der Waals surface area contributed by atoms with E-state index in [-0.39, 0.29) is 11.3 Å². The van der Waals surface area contributed by atoms with Crippen molar-refractivity contribution in [1.82, 2.24) is 5.32 Å². The first-order chi connectivity index (χ1) is 12.6. The summed E-state index contributed by atoms with van der Waals surface area (Å²) in [6.07, 6.45) is 4.67. The highest BCUT2D eigenvalue weighted by Gasteiger charge is 2.36. The standard InChI is InChI=1S/C20H13N3O3/c21-13-15-9-4-10-16(12-15)23-19(25)17(18(24)22-20(23)26)11-5-8-14-6-2-1-3-7-14/h1-12H,(H,22,24,26)/b8-5+,17-11+. The van der Waals surface area contributed by atoms with E-state index in [0.717, 1.165) is 10.5 Å². The lowest BCUT2D eigenvalue weighted by Crippen LogP contribution is -2.54. The van der Waals surface area contributed by atoms with Gasteiger partial charge < -0.3 is 0 Å². The van der Waals surface area contributed by atoms with Crippen molar-refractivity contribution in [2.75, 3.05) is 4.90 Å². The molecule has 1 aliphatic rings. The van der Waals surface area contributed by atoms with Crippen LogP contribution in [0.15, 0.2) is 72.3 Å². The largest absolute Gasteiger partial charge is 0.335 e. The van der Waals surface area contributed by atoms with E-state index in [2.05, 4.69) is 5.32 Å². The number of nitrogens with zero attached hydrogens (tertiary/aromatic N) is 2. The number of nitrogens with one attached hydrogen (secondary N) is 1. The number of urea groups is 1. The molecule has 6 heteroatoms. The van der Waals surface area contributed by atoms with Crippen LogP contribution in [-0.2, 0) is 9.59 Å². The van der Waals surface area contributed by atoms with Gasteiger partial charge in [-0.3, -0.25) is 14.9 Å². The lowest BCUT2D eigenvalue weighted by Gasteiger charge is -2.26. The molecule has 0 unspecified atom stereocenters. The fourth-order valence-electron chi connectivity index (χ4n) is 2.45. The van der Waals surface area contributed by atoms with Gasteiger partial charge in [-0.2, -0.15) is 5.26 Å². The Balaban J connectivity index is 1.91. The third kappa shape index (κ3) is 3.42. The molecular weight excluding hydrogens is 330 g/mol. The van der Waals surface area contributed by atoms with Gasteiger partial charge in [-0.05, 0) is 29.8 Å². The number of imide groups is 2. The summed E-state index contributed by atoms with van der Waals surface area (Å²) in [6.45, 7) is 0. The number of barbiturate groups is 1. The van der Waals surface area contributed by atoms with Crippen molar-refractivity contribution in [2.24, 2.45) is 0 Å². The number of allylic oxidation sites excluding steroid dienone is 2. The third-order valence-corrected chi connectivity index (χ3v) is 3.69. The quantitative estimate of drug-likeness (QED) is 0.685. The summed E-state index contributed by atoms with van der Waals surface area (Å²) in [5.74, 6) is -1.50. The van der Waals surface area contributed by atoms with Crippen molar-refractivity contribution in [3.63, 3.8) is 0 Å². The van der Waals surface area contributed by atoms with Gasteiger partial charge in [-0.1, -0.05) is 48.6 Å². The Morgan fingerprint density at radius 2 is 1.77 bits per heavy atom. The fourth-order valence-corrected chi connectivity index (χ4v) is 2.45. The van der Waals surface area contributed by atoms with E-state index in [1.807, 2.05) is 36.4 Å². The number of nitriles is 1. The second-order valence-corrected chi connectivity index (χ2v) is 5.41. The number of anilines is 1. The van der Waals surface area contributed by atoms with Gasteiger partial charge in [0, 0.05) is 0 Å². The molecule has 0 bridgehead atoms. The summed E-state index contributed by atoms with van der Waals surface area (Å²) in [4.78, 5) is 37.6. The highest BCUT2D eigenvalue weighted by atomic mass is 16.2. The van der Waals surface area contributed by atoms with Crippen molar-refractivity contribution in [3.8, 4) is 6.07 Å². The Bertz CT molecular complexity index is 985. The van der Waals surface area contributed by atoms with E-state index < -0.39 is 17.8 Å². The molecule has 1 saturated heterocycles. The van der Waals surface area contributed by atoms with Crippen molar-refractivity contribution < 1.29 is 14.4 Å². The van der Waals surface area contributed by atoms with Gasteiger partial charge >= 0.3 is 6.03 Å². The number of amides is 4. The minimum atomic E-state index is -0.848. The van der Waals surface area contributed by atoms with Crippen molar-refractivity contribution >= 4 is 29.6 Å². The van der Waals surface area contributed by atoms with E-state index >= 15 is 0 Å². The van der Waals surface area contributed by atoms with Gasteiger partial charge in [0.05, 0.1) is 17.3 Å². The Morgan fingerprint density at radius 3 is 2.50 bits per heavy atom. The molecular formula is C20H13N3O3. The molecule has 0 saturated carbocycles. The zero-order chi connectivity index (χ0) is 18.5. The van der Waals surface area contributed by atoms with E-state index in [1.165, 1.54) is 18.2 Å². The molecule has 6 nitrogen and oxygen atoms in total. The minimum Gasteiger partial charge on any atom is -0.273 e. The number of hydrogen-bond acceptors (Lipinski definition) is 4. The summed E-state index contributed by atoms with van der Waals surface area (Å²) in [5.41, 5.74) is 1.26. The maximum absolute atomic E-state index is 12.6. The van der Waals surface area contributed by atoms with Crippen LogP contribution in [0.1, 0.15) is 11.1 Å². The zero-order valence-corrected chi connectivity index (χ0v) is 13.5. The molecule has 0 aromatic heterocycles. The van der Waals surface area contributed by atoms with E-state index in [0.29, 0.717) is 5.56 Å². The Labute approximate surface area is 149 Å². The molecule has 4 amide bonds. The van der Waals surface area contributed by atoms with Crippen molar-refractivity contribution in [3.05, 3.63) is 83.4 Å². The van der Waals surface area contributed by atoms with E-state index in [9.17, 15) is 14.4 Å². The average molecular weight is 343 g/mol. The SMILES string of the molecule is N#Cc1cccc(N2C(=O)NC(=O)/C(=C\C=C\c3ccccc3)C2=O)c1. The first kappa shape index (κ1) is 16.9. The molecule has 1 heterocycles. The van der Waals surface area contributed by atoms with Gasteiger partial charge in [0.1, 0.15) is 5.57 Å². The highest BCUT2D eigenvalue weighted by molar-refractivity contribution is 6.37. The molecule has 126 valence electrons. The normalized spacial score (nSPS) is 16.0. The molecule has 0 atom stereocenters. The topological polar surface area (TPSA) is 90.3 Å². The van der Waals surface area contributed by atoms with Crippen LogP contribution in [0, 0.1) is 11.3 Å². The summed E-state index contributed by atoms with van der Waals surface area (Å²) in [5, 5.41) is 11.1. The summed E-state index contributed by atoms with van der Waals surface area (Å²) in [6, 6.07) is 16.5. The predicted octanol–water partition coefficient (Wildman–Crippen LogP) is 2.78. The number of carbonyl (C=O) groups excluding carboxylic acids is 3. The van der Waals surface area contributed by atoms with Gasteiger partial charge in [0.15, 0.2) is 0 Å². The van der Waals surface area contributed by atoms with Crippen LogP contribution in [0.5, 0.6) is 0 Å². The molecule has 0 radical (unpaired) electrons. The van der Waals surface area contributed by atoms with Crippen molar-refractivity contribution in [1.29, 1.82) is 5.26 Å². The van der Waals surface area contributed by atoms with Crippen LogP contribution in [-0.4, -0.2) is 17.8 Å². The average Bonchev–Trinajstić information content (AvgIpc) is 2.65. The molecule has 26 heavy (non-hydrogen) atoms. The lowest BCUT2D eigenvalue weighted by atomic mass is 10.1. The first-order valence-corrected chi connectivity index (χ1v) is 7.73. The van der Waals surface area contributed by atoms with Gasteiger partial charge in [0.2, 0.25) is 0 Å². The zero-order valence-electron chi connectivity index (χ0n) is 13.5. The highest BCUT2D eigenvalue weighted by Crippen LogP contribution is 2.21. The third-order valence-electron chi connectivity index (χ3n) is 3.69. The van der Waals surface area contributed by atoms with Crippen LogP contribution in [0.3, 0.4) is 0 Å². The van der Waals surface area contributed by atoms with Crippen LogP contribution >= 0.6 is 0 Å². The summed E-state index contributed by atoms with van der Waals surface area (Å²) in [7, 11) is 0. The minimum absolute atomic E-state index is 0.167. The Hall–Kier alpha value is -3.98. The lowest BCUT2D eigenvalue weighted by molar-refractivity contribution is -0.122. The van der Waals surface area contributed by atoms with Gasteiger partial charge in [-0.25, -0.2) is 9.69 Å². The number of rotatable bonds is 3. The van der Waals surface area contributed by atoms with Crippen LogP contribution in [0.2, 0.25) is 0 Å². The van der Waals surface area contributed by atoms with E-state index in [1.54, 1.807) is 24.3 Å². The van der Waals surface area contributed by atoms with E-state index in [4.69, 9.17) is 5.26 Å². The number of hydrogen-bond donors (Lipinski definition) is 1. The molecule has 3 rings (SSSR count). The molecule has 1 aliphatic heterocycles. The number of benzene rings is 2. The van der Waals surface area contributed by atoms with Crippen LogP contribution in [0.4, 0.5) is 10.5 Å². The number of carbonyl (C=O) groups is 3. The van der Waals surface area contributed by atoms with Gasteiger partial charge in [0.25, 0.3) is 11.8 Å². The molecule has 0 spiro atoms. The molecule has 2 aromatic carbocycles. The molecule has 1 fully saturated rings. The molecule has 0 aliphatic carbocycles. The Kier molecular flexibility index (Phi) is 4.72.